The van der Waals surface area contributed by atoms with E-state index in [4.69, 9.17) is 4.74 Å². The predicted molar refractivity (Wildman–Crippen MR) is 143 cm³/mol. The minimum Gasteiger partial charge on any atom is -0.488 e. The van der Waals surface area contributed by atoms with Crippen LogP contribution in [0, 0.1) is 17.4 Å². The highest BCUT2D eigenvalue weighted by atomic mass is 127. The molecule has 1 saturated heterocycles. The Labute approximate surface area is 219 Å². The third-order valence-corrected chi connectivity index (χ3v) is 6.80. The van der Waals surface area contributed by atoms with Gasteiger partial charge in [-0.05, 0) is 101 Å². The van der Waals surface area contributed by atoms with Crippen molar-refractivity contribution in [2.24, 2.45) is 0 Å². The summed E-state index contributed by atoms with van der Waals surface area (Å²) in [7, 11) is 0. The fourth-order valence-electron chi connectivity index (χ4n) is 3.39. The number of carbonyl (C=O) groups excluding carboxylic acids is 3. The van der Waals surface area contributed by atoms with Crippen molar-refractivity contribution in [3.63, 3.8) is 0 Å². The molecule has 0 saturated carbocycles. The number of barbiturate groups is 1. The molecule has 0 radical (unpaired) electrons. The predicted octanol–water partition coefficient (Wildman–Crippen LogP) is 5.92. The number of benzene rings is 3. The van der Waals surface area contributed by atoms with E-state index >= 15 is 0 Å². The van der Waals surface area contributed by atoms with E-state index in [1.54, 1.807) is 24.3 Å². The van der Waals surface area contributed by atoms with E-state index in [0.29, 0.717) is 23.6 Å². The van der Waals surface area contributed by atoms with Crippen molar-refractivity contribution in [3.05, 3.63) is 96.5 Å². The van der Waals surface area contributed by atoms with Gasteiger partial charge >= 0.3 is 6.03 Å². The fraction of sp³-hybridized carbons (Fsp3) is 0.115. The zero-order chi connectivity index (χ0) is 24.4. The smallest absolute Gasteiger partial charge is 0.335 e. The Morgan fingerprint density at radius 2 is 1.71 bits per heavy atom. The number of anilines is 1. The number of imide groups is 2. The molecule has 0 aliphatic carbocycles. The highest BCUT2D eigenvalue weighted by molar-refractivity contribution is 14.1. The Morgan fingerprint density at radius 3 is 2.38 bits per heavy atom. The number of ether oxygens (including phenoxy) is 1. The minimum atomic E-state index is -0.762. The molecule has 1 heterocycles. The van der Waals surface area contributed by atoms with Gasteiger partial charge in [0.2, 0.25) is 0 Å². The quantitative estimate of drug-likeness (QED) is 0.216. The van der Waals surface area contributed by atoms with Crippen molar-refractivity contribution in [3.8, 4) is 5.75 Å². The van der Waals surface area contributed by atoms with Crippen molar-refractivity contribution < 1.29 is 19.1 Å². The van der Waals surface area contributed by atoms with Crippen LogP contribution in [0.1, 0.15) is 22.3 Å². The van der Waals surface area contributed by atoms with Gasteiger partial charge in [0.15, 0.2) is 0 Å². The Kier molecular flexibility index (Phi) is 7.18. The molecule has 1 N–H and O–H groups in total. The van der Waals surface area contributed by atoms with Gasteiger partial charge in [0.25, 0.3) is 11.8 Å². The summed E-state index contributed by atoms with van der Waals surface area (Å²) in [5, 5.41) is 2.26. The molecule has 3 aromatic carbocycles. The molecule has 8 heteroatoms. The van der Waals surface area contributed by atoms with Crippen LogP contribution in [0.4, 0.5) is 10.5 Å². The van der Waals surface area contributed by atoms with Gasteiger partial charge in [-0.2, -0.15) is 0 Å². The van der Waals surface area contributed by atoms with Crippen molar-refractivity contribution in [2.75, 3.05) is 4.90 Å². The second kappa shape index (κ2) is 10.1. The second-order valence-corrected chi connectivity index (χ2v) is 9.91. The molecule has 4 amide bonds. The third kappa shape index (κ3) is 5.23. The lowest BCUT2D eigenvalue weighted by Crippen LogP contribution is -2.54. The number of aryl methyl sites for hydroxylation is 2. The summed E-state index contributed by atoms with van der Waals surface area (Å²) in [5.74, 6) is -0.694. The van der Waals surface area contributed by atoms with Gasteiger partial charge in [-0.25, -0.2) is 9.69 Å². The highest BCUT2D eigenvalue weighted by Gasteiger charge is 2.36. The van der Waals surface area contributed by atoms with E-state index in [1.807, 2.05) is 50.2 Å². The topological polar surface area (TPSA) is 75.7 Å². The van der Waals surface area contributed by atoms with Gasteiger partial charge in [0.05, 0.1) is 9.26 Å². The van der Waals surface area contributed by atoms with E-state index in [0.717, 1.165) is 29.6 Å². The second-order valence-electron chi connectivity index (χ2n) is 7.83. The zero-order valence-electron chi connectivity index (χ0n) is 18.4. The molecule has 0 aromatic heterocycles. The van der Waals surface area contributed by atoms with Crippen LogP contribution in [0.2, 0.25) is 0 Å². The van der Waals surface area contributed by atoms with Gasteiger partial charge < -0.3 is 4.74 Å². The standard InChI is InChI=1S/C26H20BrIN2O4/c1-15-3-9-20(11-16(15)2)30-25(32)21(24(31)29-26(30)33)12-18-6-10-23(22(28)13-18)34-14-17-4-7-19(27)8-5-17/h3-13H,14H2,1-2H3,(H,29,31,33)/b21-12+. The van der Waals surface area contributed by atoms with E-state index in [9.17, 15) is 14.4 Å². The normalized spacial score (nSPS) is 15.0. The molecule has 0 atom stereocenters. The van der Waals surface area contributed by atoms with E-state index in [2.05, 4.69) is 43.8 Å². The first-order valence-electron chi connectivity index (χ1n) is 10.4. The fourth-order valence-corrected chi connectivity index (χ4v) is 4.35. The van der Waals surface area contributed by atoms with Crippen LogP contribution < -0.4 is 15.0 Å². The van der Waals surface area contributed by atoms with Gasteiger partial charge in [0, 0.05) is 4.47 Å². The number of carbonyl (C=O) groups is 3. The van der Waals surface area contributed by atoms with Crippen LogP contribution in [0.5, 0.6) is 5.75 Å². The molecule has 0 bridgehead atoms. The first kappa shape index (κ1) is 24.2. The summed E-state index contributed by atoms with van der Waals surface area (Å²) >= 11 is 5.57. The molecule has 1 fully saturated rings. The molecule has 3 aromatic rings. The lowest BCUT2D eigenvalue weighted by atomic mass is 10.1. The van der Waals surface area contributed by atoms with Crippen LogP contribution in [0.25, 0.3) is 6.08 Å². The average Bonchev–Trinajstić information content (AvgIpc) is 2.79. The maximum Gasteiger partial charge on any atom is 0.335 e. The SMILES string of the molecule is Cc1ccc(N2C(=O)NC(=O)/C(=C\c3ccc(OCc4ccc(Br)cc4)c(I)c3)C2=O)cc1C. The van der Waals surface area contributed by atoms with Crippen LogP contribution in [0.15, 0.2) is 70.7 Å². The van der Waals surface area contributed by atoms with Crippen molar-refractivity contribution in [2.45, 2.75) is 20.5 Å². The number of halogens is 2. The Hall–Kier alpha value is -2.98. The number of amides is 4. The molecule has 0 spiro atoms. The first-order chi connectivity index (χ1) is 16.2. The molecule has 0 unspecified atom stereocenters. The maximum atomic E-state index is 13.1. The lowest BCUT2D eigenvalue weighted by Gasteiger charge is -2.26. The summed E-state index contributed by atoms with van der Waals surface area (Å²) < 4.78 is 7.75. The van der Waals surface area contributed by atoms with Gasteiger partial charge in [-0.15, -0.1) is 0 Å². The maximum absolute atomic E-state index is 13.1. The van der Waals surface area contributed by atoms with Crippen LogP contribution in [-0.4, -0.2) is 17.8 Å². The Morgan fingerprint density at radius 1 is 0.971 bits per heavy atom. The van der Waals surface area contributed by atoms with Crippen molar-refractivity contribution in [1.29, 1.82) is 0 Å². The molecular formula is C26H20BrIN2O4. The zero-order valence-corrected chi connectivity index (χ0v) is 22.1. The molecular weight excluding hydrogens is 611 g/mol. The summed E-state index contributed by atoms with van der Waals surface area (Å²) in [6.45, 7) is 4.26. The molecule has 1 aliphatic heterocycles. The lowest BCUT2D eigenvalue weighted by molar-refractivity contribution is -0.122. The average molecular weight is 631 g/mol. The van der Waals surface area contributed by atoms with E-state index < -0.39 is 17.8 Å². The van der Waals surface area contributed by atoms with E-state index in [1.165, 1.54) is 6.08 Å². The summed E-state index contributed by atoms with van der Waals surface area (Å²) in [4.78, 5) is 39.0. The number of hydrogen-bond acceptors (Lipinski definition) is 4. The van der Waals surface area contributed by atoms with Crippen molar-refractivity contribution in [1.82, 2.24) is 5.32 Å². The van der Waals surface area contributed by atoms with Crippen LogP contribution >= 0.6 is 38.5 Å². The summed E-state index contributed by atoms with van der Waals surface area (Å²) in [6.07, 6.45) is 1.48. The van der Waals surface area contributed by atoms with Crippen molar-refractivity contribution >= 4 is 68.1 Å². The highest BCUT2D eigenvalue weighted by Crippen LogP contribution is 2.27. The van der Waals surface area contributed by atoms with Crippen LogP contribution in [0.3, 0.4) is 0 Å². The number of nitrogens with zero attached hydrogens (tertiary/aromatic N) is 1. The largest absolute Gasteiger partial charge is 0.488 e. The monoisotopic (exact) mass is 630 g/mol. The molecule has 4 rings (SSSR count). The number of urea groups is 1. The van der Waals surface area contributed by atoms with Gasteiger partial charge in [-0.3, -0.25) is 14.9 Å². The summed E-state index contributed by atoms with van der Waals surface area (Å²) in [5.41, 5.74) is 3.96. The molecule has 172 valence electrons. The first-order valence-corrected chi connectivity index (χ1v) is 12.3. The van der Waals surface area contributed by atoms with Crippen LogP contribution in [-0.2, 0) is 16.2 Å². The number of nitrogens with one attached hydrogen (secondary N) is 1. The number of hydrogen-bond donors (Lipinski definition) is 1. The summed E-state index contributed by atoms with van der Waals surface area (Å²) in [6, 6.07) is 17.8. The van der Waals surface area contributed by atoms with Gasteiger partial charge in [-0.1, -0.05) is 40.2 Å². The van der Waals surface area contributed by atoms with Gasteiger partial charge in [0.1, 0.15) is 17.9 Å². The molecule has 6 nitrogen and oxygen atoms in total. The molecule has 34 heavy (non-hydrogen) atoms. The Bertz CT molecular complexity index is 1340. The number of rotatable bonds is 5. The third-order valence-electron chi connectivity index (χ3n) is 5.42. The Balaban J connectivity index is 1.56. The molecule has 1 aliphatic rings. The van der Waals surface area contributed by atoms with E-state index in [-0.39, 0.29) is 5.57 Å². The minimum absolute atomic E-state index is 0.114.